The maximum atomic E-state index is 12.8. The van der Waals surface area contributed by atoms with Gasteiger partial charge in [-0.2, -0.15) is 23.4 Å². The molecule has 0 bridgehead atoms. The number of hydrogen-bond acceptors (Lipinski definition) is 5. The molecule has 0 atom stereocenters. The number of nitro groups is 1. The number of nitrogen functional groups attached to an aromatic ring is 1. The van der Waals surface area contributed by atoms with E-state index >= 15 is 0 Å². The monoisotopic (exact) mass is 310 g/mol. The topological polar surface area (TPSA) is 93.9 Å². The maximum Gasteiger partial charge on any atom is 0.423 e. The molecule has 0 aliphatic heterocycles. The van der Waals surface area contributed by atoms with Crippen LogP contribution in [0.5, 0.6) is 0 Å². The first-order valence-electron chi connectivity index (χ1n) is 5.90. The van der Waals surface area contributed by atoms with Crippen LogP contribution in [0.3, 0.4) is 0 Å². The van der Waals surface area contributed by atoms with Gasteiger partial charge in [0.25, 0.3) is 5.69 Å². The molecule has 22 heavy (non-hydrogen) atoms. The zero-order valence-electron chi connectivity index (χ0n) is 10.9. The van der Waals surface area contributed by atoms with Crippen LogP contribution in [0.1, 0.15) is 5.56 Å². The second kappa shape index (κ2) is 5.80. The third-order valence-corrected chi connectivity index (χ3v) is 2.66. The minimum atomic E-state index is -4.85. The number of halogens is 3. The van der Waals surface area contributed by atoms with Crippen LogP contribution in [0.4, 0.5) is 35.9 Å². The molecule has 0 saturated carbocycles. The van der Waals surface area contributed by atoms with E-state index in [0.717, 1.165) is 12.1 Å². The van der Waals surface area contributed by atoms with E-state index in [0.29, 0.717) is 17.4 Å². The third kappa shape index (κ3) is 3.57. The van der Waals surface area contributed by atoms with E-state index < -0.39 is 22.4 Å². The molecule has 114 valence electrons. The molecule has 9 heteroatoms. The van der Waals surface area contributed by atoms with Crippen molar-refractivity contribution in [2.24, 2.45) is 10.2 Å². The van der Waals surface area contributed by atoms with Crippen molar-refractivity contribution in [1.29, 1.82) is 0 Å². The zero-order valence-corrected chi connectivity index (χ0v) is 10.9. The average molecular weight is 310 g/mol. The first-order chi connectivity index (χ1) is 10.3. The van der Waals surface area contributed by atoms with Gasteiger partial charge in [0.15, 0.2) is 0 Å². The van der Waals surface area contributed by atoms with Crippen molar-refractivity contribution in [1.82, 2.24) is 0 Å². The van der Waals surface area contributed by atoms with E-state index in [1.807, 2.05) is 0 Å². The Morgan fingerprint density at radius 2 is 1.55 bits per heavy atom. The van der Waals surface area contributed by atoms with Crippen LogP contribution in [0.25, 0.3) is 0 Å². The summed E-state index contributed by atoms with van der Waals surface area (Å²) in [7, 11) is 0. The number of benzene rings is 2. The van der Waals surface area contributed by atoms with Crippen molar-refractivity contribution in [2.75, 3.05) is 5.73 Å². The van der Waals surface area contributed by atoms with E-state index in [-0.39, 0.29) is 5.69 Å². The SMILES string of the molecule is Nc1ccc(/N=N/c2ccc([N+](=O)[O-])c(C(F)(F)F)c2)cc1. The van der Waals surface area contributed by atoms with Crippen molar-refractivity contribution in [3.63, 3.8) is 0 Å². The van der Waals surface area contributed by atoms with Crippen molar-refractivity contribution >= 4 is 22.7 Å². The Morgan fingerprint density at radius 1 is 1.00 bits per heavy atom. The second-order valence-corrected chi connectivity index (χ2v) is 4.25. The van der Waals surface area contributed by atoms with Gasteiger partial charge in [0.05, 0.1) is 16.3 Å². The smallest absolute Gasteiger partial charge is 0.399 e. The Bertz CT molecular complexity index is 727. The van der Waals surface area contributed by atoms with Crippen LogP contribution in [0, 0.1) is 10.1 Å². The fourth-order valence-corrected chi connectivity index (χ4v) is 1.63. The quantitative estimate of drug-likeness (QED) is 0.388. The van der Waals surface area contributed by atoms with E-state index in [1.54, 1.807) is 12.1 Å². The number of azo groups is 1. The van der Waals surface area contributed by atoms with Gasteiger partial charge >= 0.3 is 6.18 Å². The molecule has 2 aromatic carbocycles. The number of anilines is 1. The highest BCUT2D eigenvalue weighted by Gasteiger charge is 2.38. The lowest BCUT2D eigenvalue weighted by Gasteiger charge is -2.07. The van der Waals surface area contributed by atoms with E-state index in [1.165, 1.54) is 12.1 Å². The molecular formula is C13H9F3N4O2. The summed E-state index contributed by atoms with van der Waals surface area (Å²) in [6.45, 7) is 0. The highest BCUT2D eigenvalue weighted by Crippen LogP contribution is 2.38. The van der Waals surface area contributed by atoms with Gasteiger partial charge in [-0.25, -0.2) is 0 Å². The molecule has 0 unspecified atom stereocenters. The van der Waals surface area contributed by atoms with Crippen LogP contribution in [0.15, 0.2) is 52.7 Å². The lowest BCUT2D eigenvalue weighted by molar-refractivity contribution is -0.388. The van der Waals surface area contributed by atoms with E-state index in [2.05, 4.69) is 10.2 Å². The van der Waals surface area contributed by atoms with Crippen molar-refractivity contribution in [3.05, 3.63) is 58.1 Å². The molecule has 0 fully saturated rings. The zero-order chi connectivity index (χ0) is 16.3. The highest BCUT2D eigenvalue weighted by molar-refractivity contribution is 5.53. The van der Waals surface area contributed by atoms with Crippen LogP contribution >= 0.6 is 0 Å². The highest BCUT2D eigenvalue weighted by atomic mass is 19.4. The summed E-state index contributed by atoms with van der Waals surface area (Å²) in [6.07, 6.45) is -4.85. The van der Waals surface area contributed by atoms with Crippen molar-refractivity contribution in [3.8, 4) is 0 Å². The van der Waals surface area contributed by atoms with Gasteiger partial charge in [0.2, 0.25) is 0 Å². The minimum Gasteiger partial charge on any atom is -0.399 e. The molecule has 0 aliphatic rings. The van der Waals surface area contributed by atoms with Crippen molar-refractivity contribution < 1.29 is 18.1 Å². The Hall–Kier alpha value is -2.97. The normalized spacial score (nSPS) is 11.8. The molecule has 0 radical (unpaired) electrons. The predicted octanol–water partition coefficient (Wildman–Crippen LogP) is 4.61. The standard InChI is InChI=1S/C13H9F3N4O2/c14-13(15,16)11-7-10(5-6-12(11)20(21)22)19-18-9-3-1-8(17)2-4-9/h1-7H,17H2/b19-18+. The molecular weight excluding hydrogens is 301 g/mol. The number of nitrogens with zero attached hydrogens (tertiary/aromatic N) is 3. The van der Waals surface area contributed by atoms with Gasteiger partial charge in [-0.3, -0.25) is 10.1 Å². The van der Waals surface area contributed by atoms with E-state index in [9.17, 15) is 23.3 Å². The first kappa shape index (κ1) is 15.4. The largest absolute Gasteiger partial charge is 0.423 e. The molecule has 0 aliphatic carbocycles. The molecule has 6 nitrogen and oxygen atoms in total. The second-order valence-electron chi connectivity index (χ2n) is 4.25. The molecule has 2 aromatic rings. The van der Waals surface area contributed by atoms with Crippen LogP contribution in [-0.2, 0) is 6.18 Å². The predicted molar refractivity (Wildman–Crippen MR) is 73.1 cm³/mol. The fraction of sp³-hybridized carbons (Fsp3) is 0.0769. The van der Waals surface area contributed by atoms with Crippen molar-refractivity contribution in [2.45, 2.75) is 6.18 Å². The summed E-state index contributed by atoms with van der Waals surface area (Å²) in [4.78, 5) is 9.54. The van der Waals surface area contributed by atoms with Gasteiger partial charge in [-0.1, -0.05) is 0 Å². The lowest BCUT2D eigenvalue weighted by atomic mass is 10.1. The number of rotatable bonds is 3. The molecule has 0 heterocycles. The Kier molecular flexibility index (Phi) is 4.06. The van der Waals surface area contributed by atoms with Crippen LogP contribution < -0.4 is 5.73 Å². The third-order valence-electron chi connectivity index (χ3n) is 2.66. The lowest BCUT2D eigenvalue weighted by Crippen LogP contribution is -2.08. The fourth-order valence-electron chi connectivity index (χ4n) is 1.63. The molecule has 2 N–H and O–H groups in total. The van der Waals surface area contributed by atoms with Crippen LogP contribution in [-0.4, -0.2) is 4.92 Å². The van der Waals surface area contributed by atoms with E-state index in [4.69, 9.17) is 5.73 Å². The Balaban J connectivity index is 2.36. The number of nitrogens with two attached hydrogens (primary N) is 1. The molecule has 2 rings (SSSR count). The Labute approximate surface area is 122 Å². The number of nitro benzene ring substituents is 1. The minimum absolute atomic E-state index is 0.144. The summed E-state index contributed by atoms with van der Waals surface area (Å²) in [5, 5.41) is 18.0. The summed E-state index contributed by atoms with van der Waals surface area (Å²) in [5.74, 6) is 0. The van der Waals surface area contributed by atoms with Gasteiger partial charge in [0, 0.05) is 11.8 Å². The average Bonchev–Trinajstić information content (AvgIpc) is 2.45. The maximum absolute atomic E-state index is 12.8. The Morgan fingerprint density at radius 3 is 2.09 bits per heavy atom. The first-order valence-corrected chi connectivity index (χ1v) is 5.90. The van der Waals surface area contributed by atoms with Gasteiger partial charge in [-0.05, 0) is 36.4 Å². The summed E-state index contributed by atoms with van der Waals surface area (Å²) in [5.41, 5.74) is 3.84. The molecule has 0 saturated heterocycles. The molecule has 0 aromatic heterocycles. The molecule has 0 spiro atoms. The summed E-state index contributed by atoms with van der Waals surface area (Å²) in [6, 6.07) is 8.62. The van der Waals surface area contributed by atoms with Crippen LogP contribution in [0.2, 0.25) is 0 Å². The number of alkyl halides is 3. The van der Waals surface area contributed by atoms with Gasteiger partial charge in [0.1, 0.15) is 5.56 Å². The summed E-state index contributed by atoms with van der Waals surface area (Å²) >= 11 is 0. The van der Waals surface area contributed by atoms with Gasteiger partial charge in [-0.15, -0.1) is 0 Å². The molecule has 0 amide bonds. The van der Waals surface area contributed by atoms with Gasteiger partial charge < -0.3 is 5.73 Å². The number of hydrogen-bond donors (Lipinski definition) is 1. The summed E-state index contributed by atoms with van der Waals surface area (Å²) < 4.78 is 38.4.